The van der Waals surface area contributed by atoms with E-state index < -0.39 is 23.6 Å². The number of carbonyl (C=O) groups excluding carboxylic acids is 2. The van der Waals surface area contributed by atoms with Gasteiger partial charge in [0.15, 0.2) is 5.76 Å². The number of furan rings is 1. The van der Waals surface area contributed by atoms with Crippen molar-refractivity contribution in [1.82, 2.24) is 0 Å². The summed E-state index contributed by atoms with van der Waals surface area (Å²) in [6.45, 7) is 4.46. The highest BCUT2D eigenvalue weighted by Crippen LogP contribution is 2.33. The third-order valence-electron chi connectivity index (χ3n) is 5.57. The SMILES string of the molecule is CCCOC(=O)c1cc(NC(=O)c2ccc(-c3cccc(C(F)(F)F)c3)o2)ccc1N1CCOCC1. The van der Waals surface area contributed by atoms with Gasteiger partial charge in [0.05, 0.1) is 36.6 Å². The lowest BCUT2D eigenvalue weighted by molar-refractivity contribution is -0.137. The Morgan fingerprint density at radius 2 is 1.83 bits per heavy atom. The molecule has 0 aliphatic carbocycles. The van der Waals surface area contributed by atoms with Crippen LogP contribution >= 0.6 is 0 Å². The zero-order valence-corrected chi connectivity index (χ0v) is 19.6. The first kappa shape index (κ1) is 25.3. The summed E-state index contributed by atoms with van der Waals surface area (Å²) in [7, 11) is 0. The van der Waals surface area contributed by atoms with Crippen molar-refractivity contribution in [3.63, 3.8) is 0 Å². The van der Waals surface area contributed by atoms with Crippen LogP contribution in [0.3, 0.4) is 0 Å². The minimum absolute atomic E-state index is 0.0882. The molecule has 36 heavy (non-hydrogen) atoms. The van der Waals surface area contributed by atoms with Gasteiger partial charge in [0.1, 0.15) is 5.76 Å². The lowest BCUT2D eigenvalue weighted by Crippen LogP contribution is -2.37. The molecule has 1 aromatic heterocycles. The first-order chi connectivity index (χ1) is 17.3. The van der Waals surface area contributed by atoms with E-state index in [-0.39, 0.29) is 23.7 Å². The van der Waals surface area contributed by atoms with E-state index in [1.54, 1.807) is 12.1 Å². The molecule has 2 heterocycles. The Hall–Kier alpha value is -3.79. The van der Waals surface area contributed by atoms with E-state index in [2.05, 4.69) is 5.32 Å². The highest BCUT2D eigenvalue weighted by Gasteiger charge is 2.30. The van der Waals surface area contributed by atoms with Gasteiger partial charge in [-0.2, -0.15) is 13.2 Å². The summed E-state index contributed by atoms with van der Waals surface area (Å²) in [6.07, 6.45) is -3.83. The van der Waals surface area contributed by atoms with Gasteiger partial charge in [0, 0.05) is 24.3 Å². The summed E-state index contributed by atoms with van der Waals surface area (Å²) in [4.78, 5) is 27.6. The number of alkyl halides is 3. The number of nitrogens with one attached hydrogen (secondary N) is 1. The predicted molar refractivity (Wildman–Crippen MR) is 127 cm³/mol. The fourth-order valence-corrected chi connectivity index (χ4v) is 3.79. The molecule has 0 bridgehead atoms. The smallest absolute Gasteiger partial charge is 0.416 e. The molecule has 2 aromatic carbocycles. The average Bonchev–Trinajstić information content (AvgIpc) is 3.38. The van der Waals surface area contributed by atoms with Crippen LogP contribution < -0.4 is 10.2 Å². The first-order valence-electron chi connectivity index (χ1n) is 11.5. The molecule has 3 aromatic rings. The van der Waals surface area contributed by atoms with E-state index in [1.165, 1.54) is 30.3 Å². The number of anilines is 2. The van der Waals surface area contributed by atoms with E-state index in [0.29, 0.717) is 49.7 Å². The third kappa shape index (κ3) is 5.88. The summed E-state index contributed by atoms with van der Waals surface area (Å²) in [6, 6.07) is 12.4. The Balaban J connectivity index is 1.54. The molecule has 1 amide bonds. The molecule has 1 aliphatic heterocycles. The number of halogens is 3. The summed E-state index contributed by atoms with van der Waals surface area (Å²) < 4.78 is 55.3. The largest absolute Gasteiger partial charge is 0.462 e. The van der Waals surface area contributed by atoms with E-state index in [9.17, 15) is 22.8 Å². The molecule has 0 atom stereocenters. The Bertz CT molecular complexity index is 1230. The highest BCUT2D eigenvalue weighted by molar-refractivity contribution is 6.04. The van der Waals surface area contributed by atoms with Gasteiger partial charge in [-0.05, 0) is 48.9 Å². The zero-order valence-electron chi connectivity index (χ0n) is 19.6. The zero-order chi connectivity index (χ0) is 25.7. The van der Waals surface area contributed by atoms with Gasteiger partial charge in [-0.25, -0.2) is 4.79 Å². The number of ether oxygens (including phenoxy) is 2. The van der Waals surface area contributed by atoms with Crippen molar-refractivity contribution in [1.29, 1.82) is 0 Å². The number of hydrogen-bond acceptors (Lipinski definition) is 6. The van der Waals surface area contributed by atoms with Crippen molar-refractivity contribution < 1.29 is 36.7 Å². The van der Waals surface area contributed by atoms with Gasteiger partial charge in [-0.3, -0.25) is 4.79 Å². The molecular weight excluding hydrogens is 477 g/mol. The maximum Gasteiger partial charge on any atom is 0.416 e. The van der Waals surface area contributed by atoms with Gasteiger partial charge in [0.25, 0.3) is 5.91 Å². The molecule has 10 heteroatoms. The van der Waals surface area contributed by atoms with Crippen molar-refractivity contribution in [2.24, 2.45) is 0 Å². The molecular formula is C26H25F3N2O5. The lowest BCUT2D eigenvalue weighted by Gasteiger charge is -2.30. The fourth-order valence-electron chi connectivity index (χ4n) is 3.79. The number of rotatable bonds is 7. The van der Waals surface area contributed by atoms with E-state index in [0.717, 1.165) is 12.1 Å². The van der Waals surface area contributed by atoms with Crippen LogP contribution in [0.25, 0.3) is 11.3 Å². The molecule has 7 nitrogen and oxygen atoms in total. The lowest BCUT2D eigenvalue weighted by atomic mass is 10.1. The number of esters is 1. The molecule has 1 fully saturated rings. The molecule has 4 rings (SSSR count). The molecule has 0 unspecified atom stereocenters. The van der Waals surface area contributed by atoms with E-state index in [1.807, 2.05) is 11.8 Å². The number of morpholine rings is 1. The molecule has 1 saturated heterocycles. The van der Waals surface area contributed by atoms with Gasteiger partial charge in [-0.15, -0.1) is 0 Å². The number of amides is 1. The Kier molecular flexibility index (Phi) is 7.64. The second-order valence-electron chi connectivity index (χ2n) is 8.16. The van der Waals surface area contributed by atoms with Crippen molar-refractivity contribution in [2.45, 2.75) is 19.5 Å². The average molecular weight is 502 g/mol. The number of carbonyl (C=O) groups is 2. The van der Waals surface area contributed by atoms with Crippen molar-refractivity contribution in [2.75, 3.05) is 43.1 Å². The van der Waals surface area contributed by atoms with E-state index >= 15 is 0 Å². The molecule has 0 radical (unpaired) electrons. The first-order valence-corrected chi connectivity index (χ1v) is 11.5. The number of benzene rings is 2. The minimum Gasteiger partial charge on any atom is -0.462 e. The predicted octanol–water partition coefficient (Wildman–Crippen LogP) is 5.62. The molecule has 0 saturated carbocycles. The van der Waals surface area contributed by atoms with Crippen molar-refractivity contribution in [3.8, 4) is 11.3 Å². The van der Waals surface area contributed by atoms with Crippen LogP contribution in [0.4, 0.5) is 24.5 Å². The second kappa shape index (κ2) is 10.9. The fraction of sp³-hybridized carbons (Fsp3) is 0.308. The monoisotopic (exact) mass is 502 g/mol. The van der Waals surface area contributed by atoms with Crippen LogP contribution in [0, 0.1) is 0 Å². The van der Waals surface area contributed by atoms with Crippen LogP contribution in [0.1, 0.15) is 39.8 Å². The van der Waals surface area contributed by atoms with Gasteiger partial charge >= 0.3 is 12.1 Å². The standard InChI is InChI=1S/C26H25F3N2O5/c1-2-12-35-25(33)20-16-19(6-7-21(20)31-10-13-34-14-11-31)30-24(32)23-9-8-22(36-23)17-4-3-5-18(15-17)26(27,28)29/h3-9,15-16H,2,10-14H2,1H3,(H,30,32). The Labute approximate surface area is 205 Å². The molecule has 190 valence electrons. The molecule has 0 spiro atoms. The van der Waals surface area contributed by atoms with Crippen LogP contribution in [0.15, 0.2) is 59.0 Å². The second-order valence-corrected chi connectivity index (χ2v) is 8.16. The molecule has 1 N–H and O–H groups in total. The number of nitrogens with zero attached hydrogens (tertiary/aromatic N) is 1. The maximum absolute atomic E-state index is 13.0. The molecule has 1 aliphatic rings. The van der Waals surface area contributed by atoms with Gasteiger partial charge < -0.3 is 24.1 Å². The van der Waals surface area contributed by atoms with Gasteiger partial charge in [-0.1, -0.05) is 19.1 Å². The third-order valence-corrected chi connectivity index (χ3v) is 5.57. The van der Waals surface area contributed by atoms with Crippen LogP contribution in [0.2, 0.25) is 0 Å². The quantitative estimate of drug-likeness (QED) is 0.423. The van der Waals surface area contributed by atoms with Crippen molar-refractivity contribution in [3.05, 3.63) is 71.5 Å². The summed E-state index contributed by atoms with van der Waals surface area (Å²) in [5.41, 5.74) is 0.719. The minimum atomic E-state index is -4.49. The van der Waals surface area contributed by atoms with E-state index in [4.69, 9.17) is 13.9 Å². The topological polar surface area (TPSA) is 81.0 Å². The van der Waals surface area contributed by atoms with Crippen molar-refractivity contribution >= 4 is 23.3 Å². The number of hydrogen-bond donors (Lipinski definition) is 1. The summed E-state index contributed by atoms with van der Waals surface area (Å²) in [5, 5.41) is 2.68. The van der Waals surface area contributed by atoms with Crippen LogP contribution in [-0.2, 0) is 15.7 Å². The summed E-state index contributed by atoms with van der Waals surface area (Å²) in [5.74, 6) is -1.08. The Morgan fingerprint density at radius 3 is 2.56 bits per heavy atom. The Morgan fingerprint density at radius 1 is 1.06 bits per heavy atom. The highest BCUT2D eigenvalue weighted by atomic mass is 19.4. The normalized spacial score (nSPS) is 13.9. The van der Waals surface area contributed by atoms with Gasteiger partial charge in [0.2, 0.25) is 0 Å². The van der Waals surface area contributed by atoms with Crippen LogP contribution in [-0.4, -0.2) is 44.8 Å². The van der Waals surface area contributed by atoms with Crippen LogP contribution in [0.5, 0.6) is 0 Å². The summed E-state index contributed by atoms with van der Waals surface area (Å²) >= 11 is 0. The maximum atomic E-state index is 13.0.